The number of hydrogen-bond donors (Lipinski definition) is 1. The van der Waals surface area contributed by atoms with Gasteiger partial charge in [-0.1, -0.05) is 37.9 Å². The second-order valence-electron chi connectivity index (χ2n) is 4.01. The molecule has 1 unspecified atom stereocenters. The third-order valence-electron chi connectivity index (χ3n) is 2.49. The summed E-state index contributed by atoms with van der Waals surface area (Å²) in [6, 6.07) is 0. The van der Waals surface area contributed by atoms with Crippen molar-refractivity contribution in [2.75, 3.05) is 5.75 Å². The highest BCUT2D eigenvalue weighted by molar-refractivity contribution is 8.13. The van der Waals surface area contributed by atoms with Crippen molar-refractivity contribution in [1.82, 2.24) is 0 Å². The summed E-state index contributed by atoms with van der Waals surface area (Å²) in [7, 11) is 0. The second kappa shape index (κ2) is 9.70. The highest BCUT2D eigenvalue weighted by Crippen LogP contribution is 2.16. The van der Waals surface area contributed by atoms with Crippen molar-refractivity contribution in [3.8, 4) is 0 Å². The first-order valence-corrected chi connectivity index (χ1v) is 6.92. The Balaban J connectivity index is 3.47. The van der Waals surface area contributed by atoms with Crippen LogP contribution in [0.5, 0.6) is 0 Å². The van der Waals surface area contributed by atoms with Crippen LogP contribution in [0.2, 0.25) is 0 Å². The van der Waals surface area contributed by atoms with Gasteiger partial charge in [0.1, 0.15) is 0 Å². The zero-order chi connectivity index (χ0) is 12.4. The van der Waals surface area contributed by atoms with E-state index in [-0.39, 0.29) is 11.0 Å². The Morgan fingerprint density at radius 1 is 1.19 bits per heavy atom. The maximum atomic E-state index is 10.8. The average molecular weight is 246 g/mol. The molecule has 0 saturated heterocycles. The van der Waals surface area contributed by atoms with Crippen LogP contribution < -0.4 is 0 Å². The molecule has 0 aliphatic heterocycles. The minimum absolute atomic E-state index is 0.161. The summed E-state index contributed by atoms with van der Waals surface area (Å²) in [6.07, 6.45) is 5.45. The van der Waals surface area contributed by atoms with Crippen molar-refractivity contribution >= 4 is 22.8 Å². The third-order valence-corrected chi connectivity index (χ3v) is 3.39. The van der Waals surface area contributed by atoms with Gasteiger partial charge in [-0.15, -0.1) is 0 Å². The van der Waals surface area contributed by atoms with Crippen LogP contribution in [0.25, 0.3) is 0 Å². The summed E-state index contributed by atoms with van der Waals surface area (Å²) < 4.78 is 0. The lowest BCUT2D eigenvalue weighted by molar-refractivity contribution is -0.142. The molecule has 94 valence electrons. The Morgan fingerprint density at radius 3 is 2.38 bits per heavy atom. The quantitative estimate of drug-likeness (QED) is 0.634. The van der Waals surface area contributed by atoms with E-state index in [2.05, 4.69) is 0 Å². The average Bonchev–Trinajstić information content (AvgIpc) is 2.20. The Labute approximate surface area is 102 Å². The first-order chi connectivity index (χ1) is 7.57. The molecule has 0 aromatic carbocycles. The molecular formula is C12H22O3S. The predicted molar refractivity (Wildman–Crippen MR) is 67.6 cm³/mol. The lowest BCUT2D eigenvalue weighted by Gasteiger charge is -2.10. The topological polar surface area (TPSA) is 54.4 Å². The molecule has 0 rings (SSSR count). The standard InChI is InChI=1S/C12H22O3S/c1-3-7-11(12(14)15)8-5-4-6-9-16-10(2)13/h11H,3-9H2,1-2H3,(H,14,15). The zero-order valence-corrected chi connectivity index (χ0v) is 11.0. The maximum Gasteiger partial charge on any atom is 0.306 e. The van der Waals surface area contributed by atoms with E-state index in [1.165, 1.54) is 11.8 Å². The molecule has 0 aromatic rings. The Kier molecular flexibility index (Phi) is 9.39. The summed E-state index contributed by atoms with van der Waals surface area (Å²) in [5.41, 5.74) is 0. The summed E-state index contributed by atoms with van der Waals surface area (Å²) in [5, 5.41) is 9.09. The van der Waals surface area contributed by atoms with E-state index in [9.17, 15) is 9.59 Å². The van der Waals surface area contributed by atoms with Gasteiger partial charge in [-0.25, -0.2) is 0 Å². The zero-order valence-electron chi connectivity index (χ0n) is 10.2. The van der Waals surface area contributed by atoms with Gasteiger partial charge in [-0.2, -0.15) is 0 Å². The lowest BCUT2D eigenvalue weighted by atomic mass is 9.97. The van der Waals surface area contributed by atoms with Crippen LogP contribution in [0.15, 0.2) is 0 Å². The van der Waals surface area contributed by atoms with Crippen LogP contribution in [-0.4, -0.2) is 21.9 Å². The van der Waals surface area contributed by atoms with E-state index in [1.54, 1.807) is 6.92 Å². The van der Waals surface area contributed by atoms with Gasteiger partial charge in [-0.05, 0) is 19.3 Å². The Hall–Kier alpha value is -0.510. The van der Waals surface area contributed by atoms with Gasteiger partial charge < -0.3 is 5.11 Å². The summed E-state index contributed by atoms with van der Waals surface area (Å²) in [6.45, 7) is 3.59. The van der Waals surface area contributed by atoms with Crippen molar-refractivity contribution < 1.29 is 14.7 Å². The molecule has 0 spiro atoms. The monoisotopic (exact) mass is 246 g/mol. The van der Waals surface area contributed by atoms with E-state index in [4.69, 9.17) is 5.11 Å². The molecule has 0 aromatic heterocycles. The number of carbonyl (C=O) groups excluding carboxylic acids is 1. The molecule has 0 radical (unpaired) electrons. The molecule has 16 heavy (non-hydrogen) atoms. The molecule has 0 fully saturated rings. The Bertz CT molecular complexity index is 216. The molecule has 0 aliphatic rings. The van der Waals surface area contributed by atoms with Crippen LogP contribution in [-0.2, 0) is 9.59 Å². The molecule has 1 atom stereocenters. The maximum absolute atomic E-state index is 10.8. The van der Waals surface area contributed by atoms with Crippen LogP contribution in [0, 0.1) is 5.92 Å². The minimum atomic E-state index is -0.667. The SMILES string of the molecule is CCCC(CCCCCSC(C)=O)C(=O)O. The first-order valence-electron chi connectivity index (χ1n) is 5.94. The fraction of sp³-hybridized carbons (Fsp3) is 0.833. The molecule has 0 aliphatic carbocycles. The van der Waals surface area contributed by atoms with E-state index < -0.39 is 5.97 Å². The van der Waals surface area contributed by atoms with Gasteiger partial charge in [0.15, 0.2) is 5.12 Å². The van der Waals surface area contributed by atoms with Crippen molar-refractivity contribution in [3.05, 3.63) is 0 Å². The molecule has 0 saturated carbocycles. The van der Waals surface area contributed by atoms with Crippen molar-refractivity contribution in [2.24, 2.45) is 5.92 Å². The van der Waals surface area contributed by atoms with Crippen LogP contribution >= 0.6 is 11.8 Å². The molecule has 1 N–H and O–H groups in total. The molecule has 3 nitrogen and oxygen atoms in total. The largest absolute Gasteiger partial charge is 0.481 e. The summed E-state index contributed by atoms with van der Waals surface area (Å²) in [5.74, 6) is 0.0198. The predicted octanol–water partition coefficient (Wildman–Crippen LogP) is 3.33. The van der Waals surface area contributed by atoms with E-state index in [0.717, 1.165) is 44.3 Å². The number of carboxylic acid groups (broad SMARTS) is 1. The number of unbranched alkanes of at least 4 members (excludes halogenated alkanes) is 2. The minimum Gasteiger partial charge on any atom is -0.481 e. The van der Waals surface area contributed by atoms with Crippen molar-refractivity contribution in [1.29, 1.82) is 0 Å². The van der Waals surface area contributed by atoms with Crippen molar-refractivity contribution in [2.45, 2.75) is 52.4 Å². The van der Waals surface area contributed by atoms with Gasteiger partial charge in [0.25, 0.3) is 0 Å². The molecule has 0 bridgehead atoms. The normalized spacial score (nSPS) is 12.4. The molecule has 0 amide bonds. The van der Waals surface area contributed by atoms with Crippen molar-refractivity contribution in [3.63, 3.8) is 0 Å². The fourth-order valence-corrected chi connectivity index (χ4v) is 2.26. The van der Waals surface area contributed by atoms with Gasteiger partial charge >= 0.3 is 5.97 Å². The summed E-state index contributed by atoms with van der Waals surface area (Å²) >= 11 is 1.35. The number of thioether (sulfide) groups is 1. The highest BCUT2D eigenvalue weighted by Gasteiger charge is 2.15. The van der Waals surface area contributed by atoms with Gasteiger partial charge in [-0.3, -0.25) is 9.59 Å². The smallest absolute Gasteiger partial charge is 0.306 e. The number of carboxylic acids is 1. The van der Waals surface area contributed by atoms with E-state index >= 15 is 0 Å². The van der Waals surface area contributed by atoms with Gasteiger partial charge in [0.2, 0.25) is 0 Å². The Morgan fingerprint density at radius 2 is 1.88 bits per heavy atom. The second-order valence-corrected chi connectivity index (χ2v) is 5.29. The molecular weight excluding hydrogens is 224 g/mol. The lowest BCUT2D eigenvalue weighted by Crippen LogP contribution is -2.13. The van der Waals surface area contributed by atoms with Gasteiger partial charge in [0.05, 0.1) is 5.92 Å². The van der Waals surface area contributed by atoms with E-state index in [0.29, 0.717) is 0 Å². The molecule has 0 heterocycles. The third kappa shape index (κ3) is 8.77. The van der Waals surface area contributed by atoms with E-state index in [1.807, 2.05) is 6.92 Å². The van der Waals surface area contributed by atoms with Crippen LogP contribution in [0.3, 0.4) is 0 Å². The number of hydrogen-bond acceptors (Lipinski definition) is 3. The van der Waals surface area contributed by atoms with Crippen LogP contribution in [0.4, 0.5) is 0 Å². The fourth-order valence-electron chi connectivity index (χ4n) is 1.63. The highest BCUT2D eigenvalue weighted by atomic mass is 32.2. The number of aliphatic carboxylic acids is 1. The summed E-state index contributed by atoms with van der Waals surface area (Å²) in [4.78, 5) is 21.5. The molecule has 4 heteroatoms. The van der Waals surface area contributed by atoms with Gasteiger partial charge in [0, 0.05) is 12.7 Å². The number of carbonyl (C=O) groups is 2. The van der Waals surface area contributed by atoms with Crippen LogP contribution in [0.1, 0.15) is 52.4 Å². The number of rotatable bonds is 9. The first kappa shape index (κ1) is 15.5.